The summed E-state index contributed by atoms with van der Waals surface area (Å²) >= 11 is 0. The van der Waals surface area contributed by atoms with Crippen molar-refractivity contribution in [2.75, 3.05) is 14.2 Å². The maximum atomic E-state index is 13.4. The molecule has 5 nitrogen and oxygen atoms in total. The van der Waals surface area contributed by atoms with E-state index in [1.54, 1.807) is 14.2 Å². The second kappa shape index (κ2) is 6.14. The topological polar surface area (TPSA) is 54.0 Å². The molecular weight excluding hydrogens is 368 g/mol. The predicted molar refractivity (Wildman–Crippen MR) is 110 cm³/mol. The van der Waals surface area contributed by atoms with E-state index in [-0.39, 0.29) is 5.78 Å². The second-order valence-corrected chi connectivity index (χ2v) is 8.15. The molecule has 0 amide bonds. The molecule has 5 heteroatoms. The van der Waals surface area contributed by atoms with Gasteiger partial charge >= 0.3 is 0 Å². The van der Waals surface area contributed by atoms with Crippen LogP contribution in [0.3, 0.4) is 0 Å². The minimum absolute atomic E-state index is 0.0257. The van der Waals surface area contributed by atoms with Crippen LogP contribution < -0.4 is 18.9 Å². The van der Waals surface area contributed by atoms with Crippen LogP contribution in [0, 0.1) is 5.41 Å². The number of hydrogen-bond donors (Lipinski definition) is 0. The summed E-state index contributed by atoms with van der Waals surface area (Å²) in [6.07, 6.45) is 3.05. The quantitative estimate of drug-likeness (QED) is 0.765. The summed E-state index contributed by atoms with van der Waals surface area (Å²) in [6.45, 7) is 4.15. The fourth-order valence-corrected chi connectivity index (χ4v) is 4.37. The smallest absolute Gasteiger partial charge is 0.192 e. The van der Waals surface area contributed by atoms with E-state index in [2.05, 4.69) is 13.8 Å². The Morgan fingerprint density at radius 1 is 0.793 bits per heavy atom. The lowest BCUT2D eigenvalue weighted by molar-refractivity contribution is -0.119. The lowest BCUT2D eigenvalue weighted by Gasteiger charge is -2.48. The minimum Gasteiger partial charge on any atom is -0.497 e. The average Bonchev–Trinajstić information content (AvgIpc) is 2.75. The van der Waals surface area contributed by atoms with Gasteiger partial charge in [-0.15, -0.1) is 0 Å². The third-order valence-corrected chi connectivity index (χ3v) is 5.99. The maximum Gasteiger partial charge on any atom is 0.192 e. The number of fused-ring (bicyclic) bond motifs is 4. The van der Waals surface area contributed by atoms with E-state index in [9.17, 15) is 4.79 Å². The molecule has 0 spiro atoms. The molecule has 1 fully saturated rings. The van der Waals surface area contributed by atoms with E-state index in [1.807, 2.05) is 48.6 Å². The SMILES string of the molecule is COc1ccc2c(c1)O[C@@H]1C(=C2)C(=O)C2=Cc3ccc(OC)cc3O[C@H]2C1(C)C. The first kappa shape index (κ1) is 17.9. The van der Waals surface area contributed by atoms with Crippen molar-refractivity contribution >= 4 is 17.9 Å². The summed E-state index contributed by atoms with van der Waals surface area (Å²) in [4.78, 5) is 13.4. The largest absolute Gasteiger partial charge is 0.497 e. The van der Waals surface area contributed by atoms with Crippen LogP contribution >= 0.6 is 0 Å². The fourth-order valence-electron chi connectivity index (χ4n) is 4.37. The van der Waals surface area contributed by atoms with Crippen LogP contribution in [0.2, 0.25) is 0 Å². The number of benzene rings is 2. The number of ether oxygens (including phenoxy) is 4. The zero-order valence-electron chi connectivity index (χ0n) is 16.8. The van der Waals surface area contributed by atoms with E-state index in [4.69, 9.17) is 18.9 Å². The summed E-state index contributed by atoms with van der Waals surface area (Å²) < 4.78 is 23.3. The normalized spacial score (nSPS) is 23.1. The third-order valence-electron chi connectivity index (χ3n) is 5.99. The molecule has 0 radical (unpaired) electrons. The summed E-state index contributed by atoms with van der Waals surface area (Å²) in [5.41, 5.74) is 2.61. The number of methoxy groups -OCH3 is 2. The van der Waals surface area contributed by atoms with Gasteiger partial charge < -0.3 is 18.9 Å². The van der Waals surface area contributed by atoms with Crippen LogP contribution in [0.5, 0.6) is 23.0 Å². The highest BCUT2D eigenvalue weighted by atomic mass is 16.5. The highest BCUT2D eigenvalue weighted by Crippen LogP contribution is 2.50. The van der Waals surface area contributed by atoms with Crippen molar-refractivity contribution in [3.05, 3.63) is 58.7 Å². The van der Waals surface area contributed by atoms with Gasteiger partial charge in [0.2, 0.25) is 0 Å². The van der Waals surface area contributed by atoms with E-state index >= 15 is 0 Å². The van der Waals surface area contributed by atoms with Gasteiger partial charge in [0.1, 0.15) is 35.2 Å². The number of Topliss-reactive ketones (excluding diaryl/α,β-unsaturated/α-hetero) is 1. The van der Waals surface area contributed by atoms with Crippen LogP contribution in [0.25, 0.3) is 12.2 Å². The number of ketones is 1. The zero-order valence-corrected chi connectivity index (χ0v) is 16.8. The zero-order chi connectivity index (χ0) is 20.3. The molecule has 0 N–H and O–H groups in total. The number of carbonyl (C=O) groups is 1. The molecule has 0 bridgehead atoms. The Morgan fingerprint density at radius 3 is 1.66 bits per heavy atom. The van der Waals surface area contributed by atoms with Gasteiger partial charge in [-0.2, -0.15) is 0 Å². The first-order valence-electron chi connectivity index (χ1n) is 9.59. The van der Waals surface area contributed by atoms with E-state index in [0.717, 1.165) is 22.6 Å². The highest BCUT2D eigenvalue weighted by molar-refractivity contribution is 6.16. The molecule has 5 rings (SSSR count). The maximum absolute atomic E-state index is 13.4. The van der Waals surface area contributed by atoms with E-state index in [0.29, 0.717) is 22.6 Å². The highest BCUT2D eigenvalue weighted by Gasteiger charge is 2.54. The number of carbonyl (C=O) groups excluding carboxylic acids is 1. The van der Waals surface area contributed by atoms with Gasteiger partial charge in [0, 0.05) is 39.8 Å². The average molecular weight is 390 g/mol. The van der Waals surface area contributed by atoms with Crippen molar-refractivity contribution in [1.29, 1.82) is 0 Å². The minimum atomic E-state index is -0.465. The Balaban J connectivity index is 1.63. The molecule has 0 aromatic heterocycles. The van der Waals surface area contributed by atoms with Gasteiger partial charge in [-0.05, 0) is 36.4 Å². The standard InChI is InChI=1S/C24H22O5/c1-24(2)22-17(9-13-5-7-15(26-3)11-19(13)28-22)21(25)18-10-14-6-8-16(27-4)12-20(14)29-23(18)24/h5-12,22-23H,1-4H3/t22-,23-/m1/s1. The Hall–Kier alpha value is -3.21. The predicted octanol–water partition coefficient (Wildman–Crippen LogP) is 4.30. The molecular formula is C24H22O5. The summed E-state index contributed by atoms with van der Waals surface area (Å²) in [5.74, 6) is 2.84. The van der Waals surface area contributed by atoms with Crippen LogP contribution in [-0.4, -0.2) is 32.2 Å². The summed E-state index contributed by atoms with van der Waals surface area (Å²) in [6, 6.07) is 11.3. The first-order valence-corrected chi connectivity index (χ1v) is 9.59. The summed E-state index contributed by atoms with van der Waals surface area (Å²) in [5, 5.41) is 0. The fraction of sp³-hybridized carbons (Fsp3) is 0.292. The van der Waals surface area contributed by atoms with Crippen molar-refractivity contribution < 1.29 is 23.7 Å². The number of hydrogen-bond acceptors (Lipinski definition) is 5. The second-order valence-electron chi connectivity index (χ2n) is 8.15. The Labute approximate surface area is 169 Å². The van der Waals surface area contributed by atoms with Gasteiger partial charge in [-0.25, -0.2) is 0 Å². The van der Waals surface area contributed by atoms with Gasteiger partial charge in [0.05, 0.1) is 14.2 Å². The Bertz CT molecular complexity index is 1010. The molecule has 2 aliphatic heterocycles. The van der Waals surface area contributed by atoms with E-state index in [1.165, 1.54) is 0 Å². The molecule has 1 saturated carbocycles. The lowest BCUT2D eigenvalue weighted by Crippen LogP contribution is -2.56. The van der Waals surface area contributed by atoms with Crippen LogP contribution in [0.4, 0.5) is 0 Å². The van der Waals surface area contributed by atoms with Crippen molar-refractivity contribution in [3.8, 4) is 23.0 Å². The molecule has 148 valence electrons. The lowest BCUT2D eigenvalue weighted by atomic mass is 9.65. The van der Waals surface area contributed by atoms with Crippen LogP contribution in [0.15, 0.2) is 47.5 Å². The van der Waals surface area contributed by atoms with Crippen molar-refractivity contribution in [1.82, 2.24) is 0 Å². The van der Waals surface area contributed by atoms with Gasteiger partial charge in [-0.1, -0.05) is 13.8 Å². The van der Waals surface area contributed by atoms with E-state index < -0.39 is 17.6 Å². The Kier molecular flexibility index (Phi) is 3.78. The molecule has 2 heterocycles. The van der Waals surface area contributed by atoms with Crippen molar-refractivity contribution in [3.63, 3.8) is 0 Å². The molecule has 2 aromatic rings. The number of rotatable bonds is 2. The van der Waals surface area contributed by atoms with Gasteiger partial charge in [0.15, 0.2) is 5.78 Å². The molecule has 29 heavy (non-hydrogen) atoms. The Morgan fingerprint density at radius 2 is 1.24 bits per heavy atom. The molecule has 0 unspecified atom stereocenters. The van der Waals surface area contributed by atoms with Crippen LogP contribution in [-0.2, 0) is 4.79 Å². The van der Waals surface area contributed by atoms with Crippen molar-refractivity contribution in [2.24, 2.45) is 5.41 Å². The monoisotopic (exact) mass is 390 g/mol. The molecule has 3 aliphatic rings. The summed E-state index contributed by atoms with van der Waals surface area (Å²) in [7, 11) is 3.25. The molecule has 1 aliphatic carbocycles. The van der Waals surface area contributed by atoms with Crippen molar-refractivity contribution in [2.45, 2.75) is 26.1 Å². The molecule has 2 aromatic carbocycles. The van der Waals surface area contributed by atoms with Gasteiger partial charge in [0.25, 0.3) is 0 Å². The van der Waals surface area contributed by atoms with Gasteiger partial charge in [-0.3, -0.25) is 4.79 Å². The third kappa shape index (κ3) is 2.57. The first-order chi connectivity index (χ1) is 13.9. The molecule has 2 atom stereocenters. The van der Waals surface area contributed by atoms with Crippen LogP contribution in [0.1, 0.15) is 25.0 Å². The molecule has 0 saturated heterocycles.